The van der Waals surface area contributed by atoms with Crippen molar-refractivity contribution in [2.45, 2.75) is 44.4 Å². The number of fused-ring (bicyclic) bond motifs is 1. The summed E-state index contributed by atoms with van der Waals surface area (Å²) in [6.45, 7) is 1.45. The van der Waals surface area contributed by atoms with E-state index in [1.54, 1.807) is 24.1 Å². The SMILES string of the molecule is CC(O)C(=O)NC1CCC(N(C)C(=O)c2ccc(-c3nc4ccccc4o3)cc2)C1. The molecular weight excluding hydrogens is 382 g/mol. The second-order valence-electron chi connectivity index (χ2n) is 7.83. The molecule has 1 fully saturated rings. The maximum atomic E-state index is 12.9. The molecule has 1 heterocycles. The molecule has 3 aromatic rings. The molecule has 2 amide bonds. The molecule has 7 heteroatoms. The number of benzene rings is 2. The van der Waals surface area contributed by atoms with Crippen LogP contribution in [0.3, 0.4) is 0 Å². The van der Waals surface area contributed by atoms with Gasteiger partial charge < -0.3 is 19.7 Å². The largest absolute Gasteiger partial charge is 0.436 e. The Morgan fingerprint density at radius 2 is 1.90 bits per heavy atom. The number of carbonyl (C=O) groups excluding carboxylic acids is 2. The number of aromatic nitrogens is 1. The summed E-state index contributed by atoms with van der Waals surface area (Å²) in [6.07, 6.45) is 1.26. The molecule has 0 spiro atoms. The van der Waals surface area contributed by atoms with Crippen LogP contribution in [-0.4, -0.2) is 52.0 Å². The molecule has 30 heavy (non-hydrogen) atoms. The maximum Gasteiger partial charge on any atom is 0.253 e. The van der Waals surface area contributed by atoms with Crippen molar-refractivity contribution in [3.63, 3.8) is 0 Å². The molecule has 7 nitrogen and oxygen atoms in total. The van der Waals surface area contributed by atoms with E-state index in [9.17, 15) is 14.7 Å². The molecule has 3 atom stereocenters. The Morgan fingerprint density at radius 3 is 2.60 bits per heavy atom. The van der Waals surface area contributed by atoms with Crippen molar-refractivity contribution < 1.29 is 19.1 Å². The van der Waals surface area contributed by atoms with E-state index < -0.39 is 6.10 Å². The van der Waals surface area contributed by atoms with Gasteiger partial charge in [0, 0.05) is 30.3 Å². The lowest BCUT2D eigenvalue weighted by Crippen LogP contribution is -2.41. The predicted molar refractivity (Wildman–Crippen MR) is 113 cm³/mol. The highest BCUT2D eigenvalue weighted by atomic mass is 16.3. The molecule has 0 radical (unpaired) electrons. The van der Waals surface area contributed by atoms with Crippen LogP contribution in [0.1, 0.15) is 36.5 Å². The number of amides is 2. The first-order valence-corrected chi connectivity index (χ1v) is 10.1. The molecular formula is C23H25N3O4. The summed E-state index contributed by atoms with van der Waals surface area (Å²) < 4.78 is 5.78. The van der Waals surface area contributed by atoms with E-state index in [1.165, 1.54) is 6.92 Å². The van der Waals surface area contributed by atoms with Crippen molar-refractivity contribution in [1.82, 2.24) is 15.2 Å². The zero-order valence-electron chi connectivity index (χ0n) is 17.0. The molecule has 0 bridgehead atoms. The third-order valence-electron chi connectivity index (χ3n) is 5.67. The van der Waals surface area contributed by atoms with E-state index in [-0.39, 0.29) is 23.9 Å². The Balaban J connectivity index is 1.41. The lowest BCUT2D eigenvalue weighted by Gasteiger charge is -2.25. The summed E-state index contributed by atoms with van der Waals surface area (Å²) in [5.41, 5.74) is 2.93. The average Bonchev–Trinajstić information content (AvgIpc) is 3.39. The van der Waals surface area contributed by atoms with Gasteiger partial charge in [0.1, 0.15) is 11.6 Å². The van der Waals surface area contributed by atoms with E-state index in [2.05, 4.69) is 10.3 Å². The highest BCUT2D eigenvalue weighted by Gasteiger charge is 2.31. The summed E-state index contributed by atoms with van der Waals surface area (Å²) in [5.74, 6) is 0.0899. The first-order valence-electron chi connectivity index (χ1n) is 10.1. The minimum Gasteiger partial charge on any atom is -0.436 e. The highest BCUT2D eigenvalue weighted by Crippen LogP contribution is 2.27. The summed E-state index contributed by atoms with van der Waals surface area (Å²) in [6, 6.07) is 14.9. The minimum atomic E-state index is -1.02. The van der Waals surface area contributed by atoms with Gasteiger partial charge in [-0.1, -0.05) is 12.1 Å². The van der Waals surface area contributed by atoms with Crippen molar-refractivity contribution in [3.05, 3.63) is 54.1 Å². The predicted octanol–water partition coefficient (Wildman–Crippen LogP) is 2.98. The Bertz CT molecular complexity index is 1020. The fourth-order valence-corrected chi connectivity index (χ4v) is 3.88. The number of hydrogen-bond donors (Lipinski definition) is 2. The monoisotopic (exact) mass is 407 g/mol. The molecule has 1 aliphatic carbocycles. The number of aliphatic hydroxyl groups is 1. The van der Waals surface area contributed by atoms with Gasteiger partial charge in [-0.05, 0) is 62.6 Å². The van der Waals surface area contributed by atoms with Gasteiger partial charge in [-0.25, -0.2) is 4.98 Å². The quantitative estimate of drug-likeness (QED) is 0.678. The molecule has 4 rings (SSSR count). The number of nitrogens with zero attached hydrogens (tertiary/aromatic N) is 2. The zero-order valence-corrected chi connectivity index (χ0v) is 17.0. The summed E-state index contributed by atoms with van der Waals surface area (Å²) in [5, 5.41) is 12.2. The van der Waals surface area contributed by atoms with E-state index in [1.807, 2.05) is 36.4 Å². The number of aliphatic hydroxyl groups excluding tert-OH is 1. The fourth-order valence-electron chi connectivity index (χ4n) is 3.88. The van der Waals surface area contributed by atoms with Crippen LogP contribution in [0.15, 0.2) is 52.9 Å². The van der Waals surface area contributed by atoms with Crippen molar-refractivity contribution in [2.24, 2.45) is 0 Å². The van der Waals surface area contributed by atoms with E-state index >= 15 is 0 Å². The fraction of sp³-hybridized carbons (Fsp3) is 0.348. The van der Waals surface area contributed by atoms with Gasteiger partial charge in [-0.3, -0.25) is 9.59 Å². The summed E-state index contributed by atoms with van der Waals surface area (Å²) in [7, 11) is 1.79. The number of oxazole rings is 1. The molecule has 156 valence electrons. The van der Waals surface area contributed by atoms with E-state index in [4.69, 9.17) is 4.42 Å². The lowest BCUT2D eigenvalue weighted by molar-refractivity contribution is -0.129. The van der Waals surface area contributed by atoms with Gasteiger partial charge in [0.05, 0.1) is 0 Å². The van der Waals surface area contributed by atoms with Crippen molar-refractivity contribution >= 4 is 22.9 Å². The Labute approximate surface area is 174 Å². The third kappa shape index (κ3) is 4.07. The van der Waals surface area contributed by atoms with Crippen molar-refractivity contribution in [1.29, 1.82) is 0 Å². The third-order valence-corrected chi connectivity index (χ3v) is 5.67. The van der Waals surface area contributed by atoms with Crippen LogP contribution in [0.5, 0.6) is 0 Å². The van der Waals surface area contributed by atoms with Crippen molar-refractivity contribution in [3.8, 4) is 11.5 Å². The first kappa shape index (κ1) is 20.1. The Kier molecular flexibility index (Phi) is 5.55. The number of para-hydroxylation sites is 2. The van der Waals surface area contributed by atoms with Crippen LogP contribution in [0.2, 0.25) is 0 Å². The molecule has 1 saturated carbocycles. The van der Waals surface area contributed by atoms with Crippen LogP contribution in [0.4, 0.5) is 0 Å². The Morgan fingerprint density at radius 1 is 1.17 bits per heavy atom. The number of nitrogens with one attached hydrogen (secondary N) is 1. The minimum absolute atomic E-state index is 0.0196. The standard InChI is InChI=1S/C23H25N3O4/c1-14(27)21(28)24-17-11-12-18(13-17)26(2)23(29)16-9-7-15(8-10-16)22-25-19-5-3-4-6-20(19)30-22/h3-10,14,17-18,27H,11-13H2,1-2H3,(H,24,28). The van der Waals surface area contributed by atoms with Crippen LogP contribution in [0.25, 0.3) is 22.6 Å². The highest BCUT2D eigenvalue weighted by molar-refractivity contribution is 5.94. The van der Waals surface area contributed by atoms with Crippen LogP contribution in [-0.2, 0) is 4.79 Å². The molecule has 0 saturated heterocycles. The molecule has 2 N–H and O–H groups in total. The number of carbonyl (C=O) groups is 2. The van der Waals surface area contributed by atoms with E-state index in [0.29, 0.717) is 17.9 Å². The number of rotatable bonds is 5. The van der Waals surface area contributed by atoms with Gasteiger partial charge in [-0.15, -0.1) is 0 Å². The summed E-state index contributed by atoms with van der Waals surface area (Å²) >= 11 is 0. The normalized spacial score (nSPS) is 19.6. The maximum absolute atomic E-state index is 12.9. The molecule has 2 aromatic carbocycles. The van der Waals surface area contributed by atoms with Crippen LogP contribution >= 0.6 is 0 Å². The van der Waals surface area contributed by atoms with Gasteiger partial charge in [0.15, 0.2) is 5.58 Å². The zero-order chi connectivity index (χ0) is 21.3. The first-order chi connectivity index (χ1) is 14.4. The Hall–Kier alpha value is -3.19. The van der Waals surface area contributed by atoms with Gasteiger partial charge in [0.25, 0.3) is 5.91 Å². The lowest BCUT2D eigenvalue weighted by atomic mass is 10.1. The number of hydrogen-bond acceptors (Lipinski definition) is 5. The molecule has 3 unspecified atom stereocenters. The second-order valence-corrected chi connectivity index (χ2v) is 7.83. The van der Waals surface area contributed by atoms with Crippen LogP contribution in [0, 0.1) is 0 Å². The van der Waals surface area contributed by atoms with Crippen molar-refractivity contribution in [2.75, 3.05) is 7.05 Å². The van der Waals surface area contributed by atoms with Gasteiger partial charge in [0.2, 0.25) is 11.8 Å². The summed E-state index contributed by atoms with van der Waals surface area (Å²) in [4.78, 5) is 30.8. The smallest absolute Gasteiger partial charge is 0.253 e. The molecule has 1 aromatic heterocycles. The van der Waals surface area contributed by atoms with Crippen LogP contribution < -0.4 is 5.32 Å². The van der Waals surface area contributed by atoms with Gasteiger partial charge in [-0.2, -0.15) is 0 Å². The average molecular weight is 407 g/mol. The second kappa shape index (κ2) is 8.28. The topological polar surface area (TPSA) is 95.7 Å². The van der Waals surface area contributed by atoms with E-state index in [0.717, 1.165) is 29.5 Å². The molecule has 0 aliphatic heterocycles. The van der Waals surface area contributed by atoms with Gasteiger partial charge >= 0.3 is 0 Å². The molecule has 1 aliphatic rings.